The molecule has 1 unspecified atom stereocenters. The topological polar surface area (TPSA) is 118 Å². The molecule has 4 N–H and O–H groups in total. The van der Waals surface area contributed by atoms with Gasteiger partial charge in [0.05, 0.1) is 17.4 Å². The van der Waals surface area contributed by atoms with Crippen LogP contribution in [0.5, 0.6) is 17.2 Å². The third-order valence-electron chi connectivity index (χ3n) is 6.93. The van der Waals surface area contributed by atoms with Crippen LogP contribution in [-0.2, 0) is 0 Å². The summed E-state index contributed by atoms with van der Waals surface area (Å²) in [7, 11) is 0. The number of halogens is 3. The zero-order valence-corrected chi connectivity index (χ0v) is 21.5. The number of carbonyl (C=O) groups excluding carboxylic acids is 1. The molecule has 3 aromatic rings. The lowest BCUT2D eigenvalue weighted by Crippen LogP contribution is -2.51. The first-order valence-electron chi connectivity index (χ1n) is 12.7. The highest BCUT2D eigenvalue weighted by molar-refractivity contribution is 5.98. The molecule has 1 amide bonds. The van der Waals surface area contributed by atoms with Gasteiger partial charge >= 0.3 is 6.36 Å². The first kappa shape index (κ1) is 27.5. The Morgan fingerprint density at radius 2 is 1.68 bits per heavy atom. The second-order valence-electron chi connectivity index (χ2n) is 9.45. The van der Waals surface area contributed by atoms with Gasteiger partial charge in [-0.1, -0.05) is 6.58 Å². The number of aromatic nitrogens is 2. The number of ether oxygens (including phenoxy) is 2. The van der Waals surface area contributed by atoms with E-state index in [4.69, 9.17) is 15.6 Å². The Bertz CT molecular complexity index is 1350. The van der Waals surface area contributed by atoms with Crippen LogP contribution < -0.4 is 20.5 Å². The van der Waals surface area contributed by atoms with Crippen LogP contribution >= 0.6 is 0 Å². The maximum atomic E-state index is 12.5. The fourth-order valence-corrected chi connectivity index (χ4v) is 5.05. The van der Waals surface area contributed by atoms with E-state index in [1.54, 1.807) is 24.3 Å². The number of piperazine rings is 1. The van der Waals surface area contributed by atoms with Gasteiger partial charge in [0.25, 0.3) is 5.91 Å². The fourth-order valence-electron chi connectivity index (χ4n) is 5.05. The summed E-state index contributed by atoms with van der Waals surface area (Å²) >= 11 is 0. The molecule has 10 nitrogen and oxygen atoms in total. The number of amides is 1. The van der Waals surface area contributed by atoms with Gasteiger partial charge in [-0.05, 0) is 61.0 Å². The molecule has 2 aromatic carbocycles. The van der Waals surface area contributed by atoms with Crippen molar-refractivity contribution in [1.82, 2.24) is 19.6 Å². The molecule has 1 saturated heterocycles. The van der Waals surface area contributed by atoms with E-state index in [0.29, 0.717) is 42.5 Å². The number of carbonyl (C=O) groups is 1. The number of aliphatic hydroxyl groups excluding tert-OH is 1. The molecule has 0 saturated carbocycles. The summed E-state index contributed by atoms with van der Waals surface area (Å²) in [6.45, 7) is 7.11. The minimum absolute atomic E-state index is 0.0227. The molecule has 5 rings (SSSR count). The highest BCUT2D eigenvalue weighted by atomic mass is 19.4. The third-order valence-corrected chi connectivity index (χ3v) is 6.93. The number of anilines is 1. The molecule has 0 aliphatic carbocycles. The van der Waals surface area contributed by atoms with Crippen molar-refractivity contribution < 1.29 is 32.5 Å². The van der Waals surface area contributed by atoms with Crippen LogP contribution in [0.4, 0.5) is 18.9 Å². The van der Waals surface area contributed by atoms with Gasteiger partial charge in [0.1, 0.15) is 29.2 Å². The number of rotatable bonds is 8. The number of hydrogen-bond donors (Lipinski definition) is 3. The monoisotopic (exact) mass is 558 g/mol. The number of primary amides is 1. The summed E-state index contributed by atoms with van der Waals surface area (Å²) in [6.07, 6.45) is -3.14. The number of benzene rings is 2. The van der Waals surface area contributed by atoms with Crippen LogP contribution in [0.1, 0.15) is 28.6 Å². The summed E-state index contributed by atoms with van der Waals surface area (Å²) in [5.74, 6) is -0.217. The predicted molar refractivity (Wildman–Crippen MR) is 140 cm³/mol. The zero-order valence-electron chi connectivity index (χ0n) is 21.5. The average Bonchev–Trinajstić information content (AvgIpc) is 3.34. The van der Waals surface area contributed by atoms with Gasteiger partial charge < -0.3 is 25.6 Å². The standard InChI is InChI=1S/C27H29F3N6O4/c1-2-22(37)35-15-13-34(14-16-35)21-11-12-32-24-23(21)33-36(25(24)26(31)38)17-3-5-18(6-4-17)39-19-7-9-20(10-8-19)40-27(28,29)30/h2-10,21-22,32,37H,1,11-16H2,(H2,31,38)/t21-,22?/m1/s1. The second-order valence-corrected chi connectivity index (χ2v) is 9.45. The molecular weight excluding hydrogens is 529 g/mol. The highest BCUT2D eigenvalue weighted by Gasteiger charge is 2.35. The van der Waals surface area contributed by atoms with Crippen molar-refractivity contribution >= 4 is 11.6 Å². The molecule has 1 fully saturated rings. The van der Waals surface area contributed by atoms with Crippen LogP contribution in [0.2, 0.25) is 0 Å². The maximum Gasteiger partial charge on any atom is 0.573 e. The number of nitrogens with zero attached hydrogens (tertiary/aromatic N) is 4. The van der Waals surface area contributed by atoms with Gasteiger partial charge in [-0.15, -0.1) is 13.2 Å². The van der Waals surface area contributed by atoms with Crippen molar-refractivity contribution in [1.29, 1.82) is 0 Å². The number of hydrogen-bond acceptors (Lipinski definition) is 8. The van der Waals surface area contributed by atoms with Gasteiger partial charge in [-0.2, -0.15) is 5.10 Å². The molecule has 0 radical (unpaired) electrons. The molecule has 3 heterocycles. The Morgan fingerprint density at radius 3 is 2.25 bits per heavy atom. The number of fused-ring (bicyclic) bond motifs is 1. The number of alkyl halides is 3. The summed E-state index contributed by atoms with van der Waals surface area (Å²) in [4.78, 5) is 16.8. The van der Waals surface area contributed by atoms with Crippen molar-refractivity contribution in [3.63, 3.8) is 0 Å². The van der Waals surface area contributed by atoms with E-state index < -0.39 is 18.5 Å². The smallest absolute Gasteiger partial charge is 0.457 e. The molecule has 40 heavy (non-hydrogen) atoms. The lowest BCUT2D eigenvalue weighted by atomic mass is 10.0. The maximum absolute atomic E-state index is 12.5. The van der Waals surface area contributed by atoms with E-state index in [0.717, 1.165) is 37.3 Å². The Balaban J connectivity index is 1.34. The van der Waals surface area contributed by atoms with E-state index >= 15 is 0 Å². The zero-order chi connectivity index (χ0) is 28.4. The SMILES string of the molecule is C=CC(O)N1CCN([C@@H]2CCNc3c2nn(-c2ccc(Oc4ccc(OC(F)(F)F)cc4)cc2)c3C(N)=O)CC1. The summed E-state index contributed by atoms with van der Waals surface area (Å²) in [6, 6.07) is 11.8. The highest BCUT2D eigenvalue weighted by Crippen LogP contribution is 2.37. The molecule has 2 atom stereocenters. The number of aliphatic hydroxyl groups is 1. The van der Waals surface area contributed by atoms with E-state index in [-0.39, 0.29) is 17.5 Å². The Labute approximate surface area is 228 Å². The molecule has 2 aliphatic rings. The van der Waals surface area contributed by atoms with Crippen molar-refractivity contribution in [3.05, 3.63) is 72.6 Å². The molecule has 2 aliphatic heterocycles. The van der Waals surface area contributed by atoms with Crippen LogP contribution in [0.3, 0.4) is 0 Å². The van der Waals surface area contributed by atoms with Gasteiger partial charge in [0.2, 0.25) is 0 Å². The Morgan fingerprint density at radius 1 is 1.07 bits per heavy atom. The van der Waals surface area contributed by atoms with Crippen molar-refractivity contribution in [2.75, 3.05) is 38.0 Å². The van der Waals surface area contributed by atoms with E-state index in [2.05, 4.69) is 21.5 Å². The van der Waals surface area contributed by atoms with E-state index in [1.807, 2.05) is 4.90 Å². The molecular formula is C27H29F3N6O4. The summed E-state index contributed by atoms with van der Waals surface area (Å²) in [5.41, 5.74) is 7.97. The van der Waals surface area contributed by atoms with Crippen LogP contribution in [0.15, 0.2) is 61.2 Å². The van der Waals surface area contributed by atoms with Gasteiger partial charge in [0.15, 0.2) is 5.69 Å². The molecule has 0 spiro atoms. The Kier molecular flexibility index (Phi) is 7.70. The third kappa shape index (κ3) is 5.91. The minimum Gasteiger partial charge on any atom is -0.457 e. The molecule has 1 aromatic heterocycles. The normalized spacial score (nSPS) is 18.9. The van der Waals surface area contributed by atoms with Crippen LogP contribution in [-0.4, -0.2) is 75.9 Å². The molecule has 0 bridgehead atoms. The van der Waals surface area contributed by atoms with Crippen molar-refractivity contribution in [3.8, 4) is 22.9 Å². The largest absolute Gasteiger partial charge is 0.573 e. The lowest BCUT2D eigenvalue weighted by Gasteiger charge is -2.41. The fraction of sp³-hybridized carbons (Fsp3) is 0.333. The molecule has 13 heteroatoms. The second kappa shape index (κ2) is 11.2. The Hall–Kier alpha value is -4.07. The van der Waals surface area contributed by atoms with Crippen LogP contribution in [0.25, 0.3) is 5.69 Å². The number of nitrogens with two attached hydrogens (primary N) is 1. The van der Waals surface area contributed by atoms with E-state index in [9.17, 15) is 23.1 Å². The van der Waals surface area contributed by atoms with Crippen molar-refractivity contribution in [2.24, 2.45) is 5.73 Å². The average molecular weight is 559 g/mol. The lowest BCUT2D eigenvalue weighted by molar-refractivity contribution is -0.274. The van der Waals surface area contributed by atoms with Gasteiger partial charge in [-0.25, -0.2) is 4.68 Å². The summed E-state index contributed by atoms with van der Waals surface area (Å²) < 4.78 is 48.3. The van der Waals surface area contributed by atoms with Gasteiger partial charge in [-0.3, -0.25) is 14.6 Å². The minimum atomic E-state index is -4.77. The predicted octanol–water partition coefficient (Wildman–Crippen LogP) is 3.64. The first-order valence-corrected chi connectivity index (χ1v) is 12.7. The van der Waals surface area contributed by atoms with Gasteiger partial charge in [0, 0.05) is 32.7 Å². The van der Waals surface area contributed by atoms with E-state index in [1.165, 1.54) is 22.9 Å². The summed E-state index contributed by atoms with van der Waals surface area (Å²) in [5, 5.41) is 18.2. The number of nitrogens with one attached hydrogen (secondary N) is 1. The quantitative estimate of drug-likeness (QED) is 0.359. The molecule has 212 valence electrons. The van der Waals surface area contributed by atoms with Crippen molar-refractivity contribution in [2.45, 2.75) is 25.1 Å². The van der Waals surface area contributed by atoms with Crippen LogP contribution in [0, 0.1) is 0 Å². The first-order chi connectivity index (χ1) is 19.1.